The maximum Gasteiger partial charge on any atom is 0.328 e. The molecular formula is C16H23NO2. The van der Waals surface area contributed by atoms with Crippen LogP contribution in [0, 0.1) is 5.92 Å². The fraction of sp³-hybridized carbons (Fsp3) is 0.562. The van der Waals surface area contributed by atoms with Crippen molar-refractivity contribution < 1.29 is 9.53 Å². The van der Waals surface area contributed by atoms with Crippen molar-refractivity contribution in [3.05, 3.63) is 35.4 Å². The molecule has 0 spiro atoms. The number of fused-ring (bicyclic) bond motifs is 1. The molecule has 1 heterocycles. The van der Waals surface area contributed by atoms with Gasteiger partial charge in [0.15, 0.2) is 0 Å². The molecule has 0 saturated heterocycles. The Morgan fingerprint density at radius 3 is 2.84 bits per heavy atom. The van der Waals surface area contributed by atoms with Crippen molar-refractivity contribution in [2.24, 2.45) is 5.92 Å². The van der Waals surface area contributed by atoms with Crippen molar-refractivity contribution in [1.82, 2.24) is 5.32 Å². The van der Waals surface area contributed by atoms with Crippen LogP contribution in [0.5, 0.6) is 0 Å². The maximum atomic E-state index is 12.3. The molecule has 104 valence electrons. The Labute approximate surface area is 115 Å². The number of carbonyl (C=O) groups excluding carboxylic acids is 1. The number of esters is 1. The maximum absolute atomic E-state index is 12.3. The molecular weight excluding hydrogens is 238 g/mol. The first-order valence-corrected chi connectivity index (χ1v) is 7.09. The molecule has 0 aliphatic carbocycles. The second-order valence-electron chi connectivity index (χ2n) is 5.71. The molecule has 2 atom stereocenters. The minimum atomic E-state index is -0.306. The van der Waals surface area contributed by atoms with E-state index in [1.807, 2.05) is 25.1 Å². The molecule has 3 heteroatoms. The molecule has 19 heavy (non-hydrogen) atoms. The largest absolute Gasteiger partial charge is 0.461 e. The summed E-state index contributed by atoms with van der Waals surface area (Å²) in [5, 5.41) is 3.26. The van der Waals surface area contributed by atoms with Crippen LogP contribution < -0.4 is 5.32 Å². The Morgan fingerprint density at radius 2 is 2.11 bits per heavy atom. The highest BCUT2D eigenvalue weighted by Gasteiger charge is 2.28. The number of benzene rings is 1. The SMILES string of the molecule is CC(C)CC(C)OC(=O)C1NCCc2ccccc21. The first-order chi connectivity index (χ1) is 9.08. The van der Waals surface area contributed by atoms with E-state index in [4.69, 9.17) is 4.74 Å². The molecule has 2 unspecified atom stereocenters. The molecule has 1 aromatic rings. The van der Waals surface area contributed by atoms with E-state index in [0.29, 0.717) is 5.92 Å². The molecule has 2 rings (SSSR count). The van der Waals surface area contributed by atoms with E-state index in [2.05, 4.69) is 25.2 Å². The molecule has 0 fully saturated rings. The molecule has 0 radical (unpaired) electrons. The van der Waals surface area contributed by atoms with Gasteiger partial charge in [-0.15, -0.1) is 0 Å². The number of hydrogen-bond donors (Lipinski definition) is 1. The van der Waals surface area contributed by atoms with Gasteiger partial charge in [-0.1, -0.05) is 38.1 Å². The lowest BCUT2D eigenvalue weighted by molar-refractivity contribution is -0.151. The summed E-state index contributed by atoms with van der Waals surface area (Å²) in [6, 6.07) is 7.80. The van der Waals surface area contributed by atoms with Gasteiger partial charge in [-0.3, -0.25) is 0 Å². The number of rotatable bonds is 4. The van der Waals surface area contributed by atoms with Crippen LogP contribution >= 0.6 is 0 Å². The van der Waals surface area contributed by atoms with Gasteiger partial charge in [0.05, 0.1) is 6.10 Å². The van der Waals surface area contributed by atoms with Gasteiger partial charge in [0.25, 0.3) is 0 Å². The highest BCUT2D eigenvalue weighted by atomic mass is 16.5. The van der Waals surface area contributed by atoms with E-state index in [-0.39, 0.29) is 18.1 Å². The number of ether oxygens (including phenoxy) is 1. The van der Waals surface area contributed by atoms with Crippen LogP contribution in [0.15, 0.2) is 24.3 Å². The van der Waals surface area contributed by atoms with Crippen LogP contribution in [-0.2, 0) is 16.0 Å². The smallest absolute Gasteiger partial charge is 0.328 e. The molecule has 0 aromatic heterocycles. The van der Waals surface area contributed by atoms with E-state index in [0.717, 1.165) is 24.9 Å². The van der Waals surface area contributed by atoms with Crippen molar-refractivity contribution in [3.63, 3.8) is 0 Å². The summed E-state index contributed by atoms with van der Waals surface area (Å²) in [5.74, 6) is 0.384. The zero-order chi connectivity index (χ0) is 13.8. The minimum Gasteiger partial charge on any atom is -0.461 e. The fourth-order valence-electron chi connectivity index (χ4n) is 2.69. The topological polar surface area (TPSA) is 38.3 Å². The Kier molecular flexibility index (Phi) is 4.59. The van der Waals surface area contributed by atoms with Crippen molar-refractivity contribution in [3.8, 4) is 0 Å². The van der Waals surface area contributed by atoms with Crippen molar-refractivity contribution >= 4 is 5.97 Å². The summed E-state index contributed by atoms with van der Waals surface area (Å²) in [7, 11) is 0. The van der Waals surface area contributed by atoms with E-state index in [9.17, 15) is 4.79 Å². The summed E-state index contributed by atoms with van der Waals surface area (Å²) in [4.78, 5) is 12.3. The van der Waals surface area contributed by atoms with Gasteiger partial charge in [0.1, 0.15) is 6.04 Å². The third-order valence-corrected chi connectivity index (χ3v) is 3.47. The predicted octanol–water partition coefficient (Wildman–Crippen LogP) is 2.85. The fourth-order valence-corrected chi connectivity index (χ4v) is 2.69. The lowest BCUT2D eigenvalue weighted by Crippen LogP contribution is -2.37. The average Bonchev–Trinajstić information content (AvgIpc) is 2.36. The molecule has 1 aliphatic rings. The van der Waals surface area contributed by atoms with Crippen molar-refractivity contribution in [2.75, 3.05) is 6.54 Å². The van der Waals surface area contributed by atoms with Gasteiger partial charge in [-0.2, -0.15) is 0 Å². The minimum absolute atomic E-state index is 0.0246. The predicted molar refractivity (Wildman–Crippen MR) is 75.9 cm³/mol. The van der Waals surface area contributed by atoms with Gasteiger partial charge in [0.2, 0.25) is 0 Å². The highest BCUT2D eigenvalue weighted by Crippen LogP contribution is 2.24. The Hall–Kier alpha value is -1.35. The average molecular weight is 261 g/mol. The lowest BCUT2D eigenvalue weighted by Gasteiger charge is -2.27. The Balaban J connectivity index is 2.04. The number of carbonyl (C=O) groups is 1. The van der Waals surface area contributed by atoms with E-state index < -0.39 is 0 Å². The number of hydrogen-bond acceptors (Lipinski definition) is 3. The third kappa shape index (κ3) is 3.57. The normalized spacial score (nSPS) is 19.9. The molecule has 1 aliphatic heterocycles. The second kappa shape index (κ2) is 6.20. The van der Waals surface area contributed by atoms with E-state index in [1.165, 1.54) is 5.56 Å². The number of nitrogens with one attached hydrogen (secondary N) is 1. The standard InChI is InChI=1S/C16H23NO2/c1-11(2)10-12(3)19-16(18)15-14-7-5-4-6-13(14)8-9-17-15/h4-7,11-12,15,17H,8-10H2,1-3H3. The molecule has 3 nitrogen and oxygen atoms in total. The van der Waals surface area contributed by atoms with Gasteiger partial charge in [-0.05, 0) is 36.8 Å². The second-order valence-corrected chi connectivity index (χ2v) is 5.71. The van der Waals surface area contributed by atoms with Crippen LogP contribution in [-0.4, -0.2) is 18.6 Å². The molecule has 0 bridgehead atoms. The van der Waals surface area contributed by atoms with Crippen molar-refractivity contribution in [2.45, 2.75) is 45.8 Å². The van der Waals surface area contributed by atoms with E-state index >= 15 is 0 Å². The summed E-state index contributed by atoms with van der Waals surface area (Å²) >= 11 is 0. The van der Waals surface area contributed by atoms with E-state index in [1.54, 1.807) is 0 Å². The zero-order valence-corrected chi connectivity index (χ0v) is 12.0. The van der Waals surface area contributed by atoms with Crippen molar-refractivity contribution in [1.29, 1.82) is 0 Å². The summed E-state index contributed by atoms with van der Waals surface area (Å²) in [5.41, 5.74) is 2.32. The molecule has 0 amide bonds. The Morgan fingerprint density at radius 1 is 1.37 bits per heavy atom. The summed E-state index contributed by atoms with van der Waals surface area (Å²) in [6.07, 6.45) is 1.85. The van der Waals surface area contributed by atoms with Gasteiger partial charge in [0, 0.05) is 6.54 Å². The zero-order valence-electron chi connectivity index (χ0n) is 12.0. The van der Waals surface area contributed by atoms with Crippen LogP contribution in [0.1, 0.15) is 44.4 Å². The third-order valence-electron chi connectivity index (χ3n) is 3.47. The van der Waals surface area contributed by atoms with Gasteiger partial charge >= 0.3 is 5.97 Å². The molecule has 1 aromatic carbocycles. The van der Waals surface area contributed by atoms with Gasteiger partial charge in [-0.25, -0.2) is 4.79 Å². The first-order valence-electron chi connectivity index (χ1n) is 7.09. The quantitative estimate of drug-likeness (QED) is 0.847. The molecule has 0 saturated carbocycles. The monoisotopic (exact) mass is 261 g/mol. The summed E-state index contributed by atoms with van der Waals surface area (Å²) < 4.78 is 5.56. The van der Waals surface area contributed by atoms with Gasteiger partial charge < -0.3 is 10.1 Å². The molecule has 1 N–H and O–H groups in total. The van der Waals surface area contributed by atoms with Crippen LogP contribution in [0.4, 0.5) is 0 Å². The summed E-state index contributed by atoms with van der Waals surface area (Å²) in [6.45, 7) is 7.07. The highest BCUT2D eigenvalue weighted by molar-refractivity contribution is 5.78. The van der Waals surface area contributed by atoms with Crippen LogP contribution in [0.2, 0.25) is 0 Å². The Bertz CT molecular complexity index is 442. The van der Waals surface area contributed by atoms with Crippen LogP contribution in [0.25, 0.3) is 0 Å². The van der Waals surface area contributed by atoms with Crippen LogP contribution in [0.3, 0.4) is 0 Å². The lowest BCUT2D eigenvalue weighted by atomic mass is 9.94. The first kappa shape index (κ1) is 14.1.